The summed E-state index contributed by atoms with van der Waals surface area (Å²) in [6, 6.07) is 0. The number of aromatic nitrogens is 2. The largest absolute Gasteiger partial charge is 0.382 e. The van der Waals surface area contributed by atoms with Gasteiger partial charge in [0.1, 0.15) is 5.60 Å². The quantitative estimate of drug-likeness (QED) is 0.796. The Bertz CT molecular complexity index is 354. The first kappa shape index (κ1) is 12.9. The zero-order valence-electron chi connectivity index (χ0n) is 10.2. The van der Waals surface area contributed by atoms with Gasteiger partial charge >= 0.3 is 0 Å². The highest BCUT2D eigenvalue weighted by atomic mass is 16.3. The molecule has 0 radical (unpaired) electrons. The molecule has 0 aliphatic rings. The minimum Gasteiger partial charge on any atom is -0.382 e. The molecule has 0 aliphatic carbocycles. The molecule has 0 atom stereocenters. The van der Waals surface area contributed by atoms with Crippen LogP contribution in [0, 0.1) is 0 Å². The standard InChI is InChI=1S/C12H20N2O2/c1-4-12(16,5-2)11(15)7-6-10-8-13-14(3)9-10/h8-9,16H,4-7H2,1-3H3. The van der Waals surface area contributed by atoms with E-state index in [0.717, 1.165) is 5.56 Å². The summed E-state index contributed by atoms with van der Waals surface area (Å²) in [7, 11) is 1.85. The third kappa shape index (κ3) is 2.92. The van der Waals surface area contributed by atoms with Gasteiger partial charge in [-0.15, -0.1) is 0 Å². The summed E-state index contributed by atoms with van der Waals surface area (Å²) >= 11 is 0. The number of Topliss-reactive ketones (excluding diaryl/α,β-unsaturated/α-hetero) is 1. The molecule has 0 unspecified atom stereocenters. The number of aryl methyl sites for hydroxylation is 2. The summed E-state index contributed by atoms with van der Waals surface area (Å²) in [6.07, 6.45) is 5.64. The van der Waals surface area contributed by atoms with E-state index in [1.807, 2.05) is 27.1 Å². The van der Waals surface area contributed by atoms with Crippen LogP contribution in [-0.2, 0) is 18.3 Å². The van der Waals surface area contributed by atoms with Gasteiger partial charge in [-0.2, -0.15) is 5.10 Å². The number of hydrogen-bond donors (Lipinski definition) is 1. The minimum atomic E-state index is -1.14. The van der Waals surface area contributed by atoms with Crippen LogP contribution in [0.4, 0.5) is 0 Å². The van der Waals surface area contributed by atoms with E-state index in [2.05, 4.69) is 5.10 Å². The fraction of sp³-hybridized carbons (Fsp3) is 0.667. The van der Waals surface area contributed by atoms with Crippen LogP contribution in [0.5, 0.6) is 0 Å². The number of carbonyl (C=O) groups excluding carboxylic acids is 1. The van der Waals surface area contributed by atoms with E-state index in [9.17, 15) is 9.90 Å². The number of nitrogens with zero attached hydrogens (tertiary/aromatic N) is 2. The maximum absolute atomic E-state index is 11.8. The first-order chi connectivity index (χ1) is 7.51. The van der Waals surface area contributed by atoms with Crippen LogP contribution in [0.2, 0.25) is 0 Å². The fourth-order valence-electron chi connectivity index (χ4n) is 1.74. The van der Waals surface area contributed by atoms with Crippen LogP contribution in [0.3, 0.4) is 0 Å². The van der Waals surface area contributed by atoms with Crippen molar-refractivity contribution in [2.24, 2.45) is 7.05 Å². The highest BCUT2D eigenvalue weighted by Gasteiger charge is 2.30. The van der Waals surface area contributed by atoms with Crippen molar-refractivity contribution >= 4 is 5.78 Å². The topological polar surface area (TPSA) is 55.1 Å². The Morgan fingerprint density at radius 2 is 2.12 bits per heavy atom. The molecule has 1 N–H and O–H groups in total. The van der Waals surface area contributed by atoms with E-state index < -0.39 is 5.60 Å². The molecule has 4 nitrogen and oxygen atoms in total. The monoisotopic (exact) mass is 224 g/mol. The number of hydrogen-bond acceptors (Lipinski definition) is 3. The molecular formula is C12H20N2O2. The smallest absolute Gasteiger partial charge is 0.164 e. The molecule has 1 aromatic heterocycles. The van der Waals surface area contributed by atoms with Crippen molar-refractivity contribution in [3.8, 4) is 0 Å². The Kier molecular flexibility index (Phi) is 4.24. The number of aliphatic hydroxyl groups is 1. The zero-order chi connectivity index (χ0) is 12.2. The Labute approximate surface area is 96.3 Å². The lowest BCUT2D eigenvalue weighted by Crippen LogP contribution is -2.37. The molecular weight excluding hydrogens is 204 g/mol. The van der Waals surface area contributed by atoms with Gasteiger partial charge in [-0.1, -0.05) is 13.8 Å². The van der Waals surface area contributed by atoms with Gasteiger partial charge in [0.2, 0.25) is 0 Å². The molecule has 90 valence electrons. The third-order valence-electron chi connectivity index (χ3n) is 3.09. The molecule has 0 spiro atoms. The van der Waals surface area contributed by atoms with Crippen molar-refractivity contribution in [1.82, 2.24) is 9.78 Å². The van der Waals surface area contributed by atoms with Gasteiger partial charge in [0.25, 0.3) is 0 Å². The molecule has 0 fully saturated rings. The van der Waals surface area contributed by atoms with Crippen molar-refractivity contribution in [3.63, 3.8) is 0 Å². The van der Waals surface area contributed by atoms with Crippen molar-refractivity contribution in [1.29, 1.82) is 0 Å². The Morgan fingerprint density at radius 1 is 1.50 bits per heavy atom. The van der Waals surface area contributed by atoms with Crippen LogP contribution in [0.1, 0.15) is 38.7 Å². The Morgan fingerprint density at radius 3 is 2.56 bits per heavy atom. The lowest BCUT2D eigenvalue weighted by molar-refractivity contribution is -0.138. The first-order valence-corrected chi connectivity index (χ1v) is 5.75. The van der Waals surface area contributed by atoms with E-state index in [-0.39, 0.29) is 5.78 Å². The van der Waals surface area contributed by atoms with Gasteiger partial charge in [-0.25, -0.2) is 0 Å². The van der Waals surface area contributed by atoms with E-state index in [4.69, 9.17) is 0 Å². The van der Waals surface area contributed by atoms with Gasteiger partial charge in [0, 0.05) is 19.7 Å². The van der Waals surface area contributed by atoms with Crippen LogP contribution in [0.15, 0.2) is 12.4 Å². The predicted molar refractivity (Wildman–Crippen MR) is 62.1 cm³/mol. The summed E-state index contributed by atoms with van der Waals surface area (Å²) in [6.45, 7) is 3.68. The lowest BCUT2D eigenvalue weighted by atomic mass is 9.89. The van der Waals surface area contributed by atoms with Gasteiger partial charge < -0.3 is 5.11 Å². The zero-order valence-corrected chi connectivity index (χ0v) is 10.2. The van der Waals surface area contributed by atoms with E-state index in [1.54, 1.807) is 10.9 Å². The van der Waals surface area contributed by atoms with E-state index in [1.165, 1.54) is 0 Å². The normalized spacial score (nSPS) is 11.8. The maximum Gasteiger partial charge on any atom is 0.164 e. The molecule has 0 saturated carbocycles. The van der Waals surface area contributed by atoms with Crippen molar-refractivity contribution in [3.05, 3.63) is 18.0 Å². The summed E-state index contributed by atoms with van der Waals surface area (Å²) in [5.74, 6) is -0.0682. The average Bonchev–Trinajstić information content (AvgIpc) is 2.70. The van der Waals surface area contributed by atoms with Gasteiger partial charge in [-0.3, -0.25) is 9.48 Å². The van der Waals surface area contributed by atoms with E-state index in [0.29, 0.717) is 25.7 Å². The predicted octanol–water partition coefficient (Wildman–Crippen LogP) is 1.47. The molecule has 1 aromatic rings. The SMILES string of the molecule is CCC(O)(CC)C(=O)CCc1cnn(C)c1. The maximum atomic E-state index is 11.8. The summed E-state index contributed by atoms with van der Waals surface area (Å²) in [5, 5.41) is 14.1. The van der Waals surface area contributed by atoms with Crippen molar-refractivity contribution in [2.45, 2.75) is 45.1 Å². The van der Waals surface area contributed by atoms with Crippen molar-refractivity contribution < 1.29 is 9.90 Å². The molecule has 0 aromatic carbocycles. The Balaban J connectivity index is 2.52. The van der Waals surface area contributed by atoms with E-state index >= 15 is 0 Å². The highest BCUT2D eigenvalue weighted by Crippen LogP contribution is 2.18. The molecule has 0 saturated heterocycles. The second-order valence-electron chi connectivity index (χ2n) is 4.18. The average molecular weight is 224 g/mol. The molecule has 1 heterocycles. The van der Waals surface area contributed by atoms with Crippen LogP contribution in [-0.4, -0.2) is 26.3 Å². The van der Waals surface area contributed by atoms with Gasteiger partial charge in [-0.05, 0) is 24.8 Å². The third-order valence-corrected chi connectivity index (χ3v) is 3.09. The molecule has 0 amide bonds. The van der Waals surface area contributed by atoms with Crippen LogP contribution >= 0.6 is 0 Å². The molecule has 4 heteroatoms. The number of rotatable bonds is 6. The van der Waals surface area contributed by atoms with Gasteiger partial charge in [0.05, 0.1) is 6.20 Å². The second kappa shape index (κ2) is 5.25. The van der Waals surface area contributed by atoms with Crippen LogP contribution in [0.25, 0.3) is 0 Å². The summed E-state index contributed by atoms with van der Waals surface area (Å²) < 4.78 is 1.71. The molecule has 16 heavy (non-hydrogen) atoms. The number of ketones is 1. The fourth-order valence-corrected chi connectivity index (χ4v) is 1.74. The number of carbonyl (C=O) groups is 1. The summed E-state index contributed by atoms with van der Waals surface area (Å²) in [5.41, 5.74) is -0.104. The second-order valence-corrected chi connectivity index (χ2v) is 4.18. The molecule has 0 aliphatic heterocycles. The Hall–Kier alpha value is -1.16. The lowest BCUT2D eigenvalue weighted by Gasteiger charge is -2.23. The minimum absolute atomic E-state index is 0.0682. The first-order valence-electron chi connectivity index (χ1n) is 5.75. The van der Waals surface area contributed by atoms with Crippen molar-refractivity contribution in [2.75, 3.05) is 0 Å². The van der Waals surface area contributed by atoms with Crippen LogP contribution < -0.4 is 0 Å². The summed E-state index contributed by atoms with van der Waals surface area (Å²) in [4.78, 5) is 11.8. The highest BCUT2D eigenvalue weighted by molar-refractivity contribution is 5.87. The molecule has 1 rings (SSSR count). The molecule has 0 bridgehead atoms. The van der Waals surface area contributed by atoms with Gasteiger partial charge in [0.15, 0.2) is 5.78 Å².